The van der Waals surface area contributed by atoms with Crippen molar-refractivity contribution in [1.29, 1.82) is 0 Å². The van der Waals surface area contributed by atoms with Crippen LogP contribution in [0, 0.1) is 0 Å². The molecular weight excluding hydrogens is 232 g/mol. The largest absolute Gasteiger partial charge is 0.393 e. The number of aliphatic hydroxyl groups excluding tert-OH is 1. The third-order valence-electron chi connectivity index (χ3n) is 3.14. The highest BCUT2D eigenvalue weighted by atomic mass is 16.3. The van der Waals surface area contributed by atoms with Crippen LogP contribution < -0.4 is 0 Å². The summed E-state index contributed by atoms with van der Waals surface area (Å²) < 4.78 is 0. The van der Waals surface area contributed by atoms with Crippen LogP contribution in [0.5, 0.6) is 0 Å². The summed E-state index contributed by atoms with van der Waals surface area (Å²) in [5, 5.41) is 16.2. The molecule has 1 saturated heterocycles. The Labute approximate surface area is 106 Å². The predicted molar refractivity (Wildman–Crippen MR) is 66.2 cm³/mol. The summed E-state index contributed by atoms with van der Waals surface area (Å²) in [6.45, 7) is 7.18. The number of carbonyl (C=O) groups excluding carboxylic acids is 1. The van der Waals surface area contributed by atoms with Crippen molar-refractivity contribution in [1.82, 2.24) is 20.1 Å². The van der Waals surface area contributed by atoms with Gasteiger partial charge in [-0.3, -0.25) is 9.89 Å². The number of aliphatic hydroxyl groups is 1. The second-order valence-corrected chi connectivity index (χ2v) is 5.78. The first-order valence-corrected chi connectivity index (χ1v) is 6.28. The van der Waals surface area contributed by atoms with Gasteiger partial charge >= 0.3 is 0 Å². The molecule has 2 rings (SSSR count). The number of nitrogens with zero attached hydrogens (tertiary/aromatic N) is 3. The van der Waals surface area contributed by atoms with E-state index < -0.39 is 0 Å². The number of hydrogen-bond acceptors (Lipinski definition) is 4. The second-order valence-electron chi connectivity index (χ2n) is 5.78. The first-order chi connectivity index (χ1) is 8.38. The van der Waals surface area contributed by atoms with Crippen molar-refractivity contribution in [3.8, 4) is 0 Å². The third-order valence-corrected chi connectivity index (χ3v) is 3.14. The average Bonchev–Trinajstić information content (AvgIpc) is 2.78. The van der Waals surface area contributed by atoms with Crippen molar-refractivity contribution in [2.45, 2.75) is 45.1 Å². The van der Waals surface area contributed by atoms with Crippen LogP contribution >= 0.6 is 0 Å². The number of nitrogens with one attached hydrogen (secondary N) is 1. The van der Waals surface area contributed by atoms with Crippen LogP contribution in [-0.4, -0.2) is 50.3 Å². The molecule has 2 heterocycles. The summed E-state index contributed by atoms with van der Waals surface area (Å²) in [5.41, 5.74) is -0.149. The fourth-order valence-corrected chi connectivity index (χ4v) is 1.90. The highest BCUT2D eigenvalue weighted by Gasteiger charge is 2.27. The van der Waals surface area contributed by atoms with Crippen LogP contribution in [0.4, 0.5) is 0 Å². The lowest BCUT2D eigenvalue weighted by Gasteiger charge is -2.28. The molecule has 1 aliphatic heterocycles. The van der Waals surface area contributed by atoms with Crippen LogP contribution in [0.1, 0.15) is 50.1 Å². The Morgan fingerprint density at radius 1 is 1.39 bits per heavy atom. The van der Waals surface area contributed by atoms with Gasteiger partial charge < -0.3 is 10.0 Å². The molecule has 0 radical (unpaired) electrons. The summed E-state index contributed by atoms with van der Waals surface area (Å²) in [7, 11) is 0. The van der Waals surface area contributed by atoms with Crippen molar-refractivity contribution < 1.29 is 9.90 Å². The summed E-state index contributed by atoms with van der Waals surface area (Å²) in [4.78, 5) is 18.1. The third kappa shape index (κ3) is 2.69. The van der Waals surface area contributed by atoms with Crippen LogP contribution in [0.2, 0.25) is 0 Å². The normalized spacial score (nSPS) is 18.1. The van der Waals surface area contributed by atoms with Crippen molar-refractivity contribution >= 4 is 5.91 Å². The van der Waals surface area contributed by atoms with E-state index in [4.69, 9.17) is 0 Å². The van der Waals surface area contributed by atoms with E-state index in [1.54, 1.807) is 4.90 Å². The highest BCUT2D eigenvalue weighted by molar-refractivity contribution is 5.90. The van der Waals surface area contributed by atoms with Gasteiger partial charge in [-0.2, -0.15) is 0 Å². The molecule has 0 atom stereocenters. The molecule has 1 amide bonds. The van der Waals surface area contributed by atoms with Gasteiger partial charge in [0, 0.05) is 18.5 Å². The maximum atomic E-state index is 12.1. The number of aromatic nitrogens is 3. The smallest absolute Gasteiger partial charge is 0.293 e. The summed E-state index contributed by atoms with van der Waals surface area (Å²) in [6.07, 6.45) is 0.969. The zero-order valence-electron chi connectivity index (χ0n) is 11.1. The molecule has 18 heavy (non-hydrogen) atoms. The molecule has 1 aromatic rings. The van der Waals surface area contributed by atoms with Crippen molar-refractivity contribution in [3.05, 3.63) is 11.6 Å². The Kier molecular flexibility index (Phi) is 3.38. The molecule has 0 aliphatic carbocycles. The molecule has 1 aromatic heterocycles. The predicted octanol–water partition coefficient (Wildman–Crippen LogP) is 0.699. The monoisotopic (exact) mass is 252 g/mol. The lowest BCUT2D eigenvalue weighted by atomic mass is 9.96. The summed E-state index contributed by atoms with van der Waals surface area (Å²) in [6, 6.07) is 0. The fourth-order valence-electron chi connectivity index (χ4n) is 1.90. The minimum absolute atomic E-state index is 0.149. The van der Waals surface area contributed by atoms with Gasteiger partial charge in [0.1, 0.15) is 5.82 Å². The molecule has 1 aliphatic rings. The minimum Gasteiger partial charge on any atom is -0.393 e. The second kappa shape index (κ2) is 4.68. The van der Waals surface area contributed by atoms with E-state index in [2.05, 4.69) is 15.2 Å². The molecule has 0 unspecified atom stereocenters. The number of aromatic amines is 1. The molecule has 0 spiro atoms. The number of H-pyrrole nitrogens is 1. The molecule has 0 aromatic carbocycles. The Bertz CT molecular complexity index is 428. The first-order valence-electron chi connectivity index (χ1n) is 6.28. The van der Waals surface area contributed by atoms with Gasteiger partial charge in [-0.15, -0.1) is 5.10 Å². The molecule has 1 fully saturated rings. The zero-order chi connectivity index (χ0) is 13.3. The number of carbonyl (C=O) groups is 1. The number of rotatable bonds is 1. The summed E-state index contributed by atoms with van der Waals surface area (Å²) in [5.74, 6) is 0.771. The van der Waals surface area contributed by atoms with Crippen molar-refractivity contribution in [2.24, 2.45) is 0 Å². The van der Waals surface area contributed by atoms with E-state index in [0.29, 0.717) is 31.8 Å². The Balaban J connectivity index is 2.07. The van der Waals surface area contributed by atoms with Gasteiger partial charge in [-0.1, -0.05) is 20.8 Å². The van der Waals surface area contributed by atoms with E-state index >= 15 is 0 Å². The van der Waals surface area contributed by atoms with E-state index in [0.717, 1.165) is 0 Å². The number of likely N-dealkylation sites (tertiary alicyclic amines) is 1. The van der Waals surface area contributed by atoms with Gasteiger partial charge in [-0.25, -0.2) is 4.98 Å². The van der Waals surface area contributed by atoms with Crippen molar-refractivity contribution in [3.63, 3.8) is 0 Å². The van der Waals surface area contributed by atoms with Crippen LogP contribution in [-0.2, 0) is 5.41 Å². The molecule has 6 heteroatoms. The van der Waals surface area contributed by atoms with E-state index in [1.165, 1.54) is 0 Å². The lowest BCUT2D eigenvalue weighted by Crippen LogP contribution is -2.40. The first kappa shape index (κ1) is 13.0. The van der Waals surface area contributed by atoms with Crippen LogP contribution in [0.3, 0.4) is 0 Å². The van der Waals surface area contributed by atoms with Gasteiger partial charge in [0.2, 0.25) is 5.82 Å². The molecule has 100 valence electrons. The topological polar surface area (TPSA) is 82.1 Å². The van der Waals surface area contributed by atoms with Gasteiger partial charge in [-0.05, 0) is 12.8 Å². The molecule has 2 N–H and O–H groups in total. The fraction of sp³-hybridized carbons (Fsp3) is 0.750. The van der Waals surface area contributed by atoms with Crippen LogP contribution in [0.25, 0.3) is 0 Å². The van der Waals surface area contributed by atoms with E-state index in [-0.39, 0.29) is 23.3 Å². The van der Waals surface area contributed by atoms with Crippen LogP contribution in [0.15, 0.2) is 0 Å². The Morgan fingerprint density at radius 2 is 2.00 bits per heavy atom. The van der Waals surface area contributed by atoms with Gasteiger partial charge in [0.05, 0.1) is 6.10 Å². The van der Waals surface area contributed by atoms with Gasteiger partial charge in [0.15, 0.2) is 0 Å². The average molecular weight is 252 g/mol. The zero-order valence-corrected chi connectivity index (χ0v) is 11.1. The SMILES string of the molecule is CC(C)(C)c1nc(C(=O)N2CCC(O)CC2)n[nH]1. The number of amides is 1. The molecule has 0 saturated carbocycles. The standard InChI is InChI=1S/C12H20N4O2/c1-12(2,3)11-13-9(14-15-11)10(18)16-6-4-8(17)5-7-16/h8,17H,4-7H2,1-3H3,(H,13,14,15). The highest BCUT2D eigenvalue weighted by Crippen LogP contribution is 2.18. The maximum absolute atomic E-state index is 12.1. The quantitative estimate of drug-likeness (QED) is 0.770. The van der Waals surface area contributed by atoms with E-state index in [9.17, 15) is 9.90 Å². The lowest BCUT2D eigenvalue weighted by molar-refractivity contribution is 0.0536. The summed E-state index contributed by atoms with van der Waals surface area (Å²) >= 11 is 0. The molecular formula is C12H20N4O2. The Morgan fingerprint density at radius 3 is 2.50 bits per heavy atom. The van der Waals surface area contributed by atoms with Gasteiger partial charge in [0.25, 0.3) is 5.91 Å². The minimum atomic E-state index is -0.286. The molecule has 0 bridgehead atoms. The maximum Gasteiger partial charge on any atom is 0.293 e. The molecule has 6 nitrogen and oxygen atoms in total. The van der Waals surface area contributed by atoms with Crippen molar-refractivity contribution in [2.75, 3.05) is 13.1 Å². The number of piperidine rings is 1. The van der Waals surface area contributed by atoms with E-state index in [1.807, 2.05) is 20.8 Å². The Hall–Kier alpha value is -1.43. The number of hydrogen-bond donors (Lipinski definition) is 2.